The Morgan fingerprint density at radius 1 is 1.09 bits per heavy atom. The normalized spacial score (nSPS) is 29.1. The van der Waals surface area contributed by atoms with Gasteiger partial charge in [0, 0.05) is 24.8 Å². The van der Waals surface area contributed by atoms with Gasteiger partial charge in [0.25, 0.3) is 0 Å². The Morgan fingerprint density at radius 2 is 1.84 bits per heavy atom. The maximum absolute atomic E-state index is 14.3. The highest BCUT2D eigenvalue weighted by Gasteiger charge is 2.27. The molecule has 32 heavy (non-hydrogen) atoms. The number of nitrogens with one attached hydrogen (secondary N) is 2. The first kappa shape index (κ1) is 18.6. The molecule has 1 saturated heterocycles. The van der Waals surface area contributed by atoms with Crippen LogP contribution in [0.5, 0.6) is 0 Å². The van der Waals surface area contributed by atoms with Crippen LogP contribution in [0.4, 0.5) is 30.8 Å². The first-order valence-corrected chi connectivity index (χ1v) is 10.4. The molecular weight excluding hydrogens is 425 g/mol. The fourth-order valence-electron chi connectivity index (χ4n) is 4.01. The van der Waals surface area contributed by atoms with Gasteiger partial charge in [0.05, 0.1) is 27.7 Å². The molecule has 0 radical (unpaired) electrons. The van der Waals surface area contributed by atoms with Gasteiger partial charge in [0.2, 0.25) is 11.9 Å². The predicted octanol–water partition coefficient (Wildman–Crippen LogP) is 3.66. The van der Waals surface area contributed by atoms with Crippen molar-refractivity contribution in [1.29, 1.82) is 0 Å². The third-order valence-corrected chi connectivity index (χ3v) is 5.67. The molecule has 5 rings (SSSR count). The number of nitrogens with zero attached hydrogens (tertiary/aromatic N) is 4. The van der Waals surface area contributed by atoms with Gasteiger partial charge in [-0.2, -0.15) is 4.98 Å². The van der Waals surface area contributed by atoms with Gasteiger partial charge in [-0.1, -0.05) is 0 Å². The van der Waals surface area contributed by atoms with Crippen LogP contribution in [0.3, 0.4) is 0 Å². The molecule has 2 aliphatic rings. The molecule has 2 fully saturated rings. The van der Waals surface area contributed by atoms with E-state index in [1.165, 1.54) is 6.20 Å². The average Bonchev–Trinajstić information content (AvgIpc) is 3.40. The van der Waals surface area contributed by atoms with E-state index in [-0.39, 0.29) is 43.6 Å². The molecule has 1 atom stereocenters. The fraction of sp³-hybridized carbons (Fsp3) is 0.476. The molecular formula is C21H23F3N6O2. The second-order valence-corrected chi connectivity index (χ2v) is 7.89. The fourth-order valence-corrected chi connectivity index (χ4v) is 4.01. The molecule has 3 aromatic rings. The van der Waals surface area contributed by atoms with Crippen molar-refractivity contribution >= 4 is 28.7 Å². The second-order valence-electron chi connectivity index (χ2n) is 7.89. The van der Waals surface area contributed by atoms with Crippen LogP contribution in [0, 0.1) is 17.5 Å². The van der Waals surface area contributed by atoms with Crippen LogP contribution in [-0.2, 0) is 4.74 Å². The molecule has 2 aromatic heterocycles. The van der Waals surface area contributed by atoms with E-state index < -0.39 is 35.2 Å². The minimum absolute atomic E-state index is 0.0962. The molecule has 1 aliphatic heterocycles. The molecule has 1 unspecified atom stereocenters. The standard InChI is InChI=1S/C21H23F3N6O2/c22-11-7-15(23)18(16(24)8-11)28-21-27-17-9-25-20(26-12-1-3-14(31)4-2-12)29-19(17)30(21)13-5-6-32-10-13/h7-9,12-14,31H,1-6,10H2,(H,27,28)(H,25,26,29)/i12D,14D. The van der Waals surface area contributed by atoms with Gasteiger partial charge in [-0.15, -0.1) is 0 Å². The molecule has 8 nitrogen and oxygen atoms in total. The zero-order valence-corrected chi connectivity index (χ0v) is 17.0. The number of aromatic nitrogens is 4. The largest absolute Gasteiger partial charge is 0.393 e. The van der Waals surface area contributed by atoms with Crippen molar-refractivity contribution in [3.8, 4) is 0 Å². The Kier molecular flexibility index (Phi) is 4.98. The quantitative estimate of drug-likeness (QED) is 0.546. The second kappa shape index (κ2) is 8.55. The van der Waals surface area contributed by atoms with Crippen molar-refractivity contribution in [2.75, 3.05) is 23.8 Å². The Labute approximate surface area is 184 Å². The predicted molar refractivity (Wildman–Crippen MR) is 111 cm³/mol. The van der Waals surface area contributed by atoms with Gasteiger partial charge >= 0.3 is 0 Å². The van der Waals surface area contributed by atoms with Crippen LogP contribution in [0.1, 0.15) is 40.9 Å². The van der Waals surface area contributed by atoms with Crippen molar-refractivity contribution in [1.82, 2.24) is 19.5 Å². The van der Waals surface area contributed by atoms with Crippen LogP contribution >= 0.6 is 0 Å². The van der Waals surface area contributed by atoms with Gasteiger partial charge in [-0.3, -0.25) is 4.57 Å². The molecule has 1 aromatic carbocycles. The van der Waals surface area contributed by atoms with Crippen molar-refractivity contribution in [2.45, 2.75) is 50.2 Å². The van der Waals surface area contributed by atoms with E-state index in [2.05, 4.69) is 25.6 Å². The maximum Gasteiger partial charge on any atom is 0.224 e. The Bertz CT molecular complexity index is 1200. The van der Waals surface area contributed by atoms with E-state index in [1.807, 2.05) is 0 Å². The molecule has 0 amide bonds. The van der Waals surface area contributed by atoms with E-state index in [1.54, 1.807) is 4.57 Å². The number of anilines is 3. The van der Waals surface area contributed by atoms with Gasteiger partial charge in [0.1, 0.15) is 17.0 Å². The number of fused-ring (bicyclic) bond motifs is 1. The van der Waals surface area contributed by atoms with Crippen molar-refractivity contribution in [2.24, 2.45) is 0 Å². The Hall–Kier alpha value is -2.92. The van der Waals surface area contributed by atoms with Gasteiger partial charge in [-0.05, 0) is 32.1 Å². The molecule has 0 bridgehead atoms. The summed E-state index contributed by atoms with van der Waals surface area (Å²) >= 11 is 0. The van der Waals surface area contributed by atoms with Gasteiger partial charge in [0.15, 0.2) is 17.3 Å². The molecule has 0 spiro atoms. The van der Waals surface area contributed by atoms with Crippen molar-refractivity contribution < 1.29 is 25.8 Å². The lowest BCUT2D eigenvalue weighted by molar-refractivity contribution is 0.126. The van der Waals surface area contributed by atoms with Crippen LogP contribution in [0.15, 0.2) is 18.3 Å². The first-order chi connectivity index (χ1) is 16.1. The number of imidazole rings is 1. The molecule has 3 N–H and O–H groups in total. The van der Waals surface area contributed by atoms with E-state index >= 15 is 0 Å². The number of ether oxygens (including phenoxy) is 1. The number of benzene rings is 1. The lowest BCUT2D eigenvalue weighted by Gasteiger charge is -2.26. The maximum atomic E-state index is 14.3. The highest BCUT2D eigenvalue weighted by Crippen LogP contribution is 2.32. The Balaban J connectivity index is 1.51. The highest BCUT2D eigenvalue weighted by atomic mass is 19.1. The summed E-state index contributed by atoms with van der Waals surface area (Å²) in [5, 5.41) is 15.5. The van der Waals surface area contributed by atoms with Gasteiger partial charge < -0.3 is 20.5 Å². The Morgan fingerprint density at radius 3 is 2.53 bits per heavy atom. The number of rotatable bonds is 5. The minimum atomic E-state index is -1.54. The molecule has 1 saturated carbocycles. The number of aliphatic hydroxyl groups is 1. The highest BCUT2D eigenvalue weighted by molar-refractivity contribution is 5.76. The summed E-state index contributed by atoms with van der Waals surface area (Å²) in [6.45, 7) is 0.830. The van der Waals surface area contributed by atoms with Gasteiger partial charge in [-0.25, -0.2) is 23.1 Å². The zero-order valence-electron chi connectivity index (χ0n) is 19.0. The summed E-state index contributed by atoms with van der Waals surface area (Å²) in [6, 6.07) is -0.215. The number of hydrogen-bond donors (Lipinski definition) is 3. The summed E-state index contributed by atoms with van der Waals surface area (Å²) in [7, 11) is 0. The van der Waals surface area contributed by atoms with E-state index in [0.717, 1.165) is 0 Å². The summed E-state index contributed by atoms with van der Waals surface area (Å²) in [5.74, 6) is -2.98. The number of hydrogen-bond acceptors (Lipinski definition) is 7. The SMILES string of the molecule is [2H]C1(O)CCC([2H])(Nc2ncc3nc(Nc4c(F)cc(F)cc4F)n(C4CCOC4)c3n2)CC1. The van der Waals surface area contributed by atoms with Crippen LogP contribution < -0.4 is 10.6 Å². The molecule has 1 aliphatic carbocycles. The molecule has 11 heteroatoms. The van der Waals surface area contributed by atoms with Crippen LogP contribution in [0.25, 0.3) is 11.2 Å². The molecule has 170 valence electrons. The first-order valence-electron chi connectivity index (χ1n) is 11.4. The third-order valence-electron chi connectivity index (χ3n) is 5.67. The van der Waals surface area contributed by atoms with Crippen LogP contribution in [-0.4, -0.2) is 49.9 Å². The van der Waals surface area contributed by atoms with E-state index in [0.29, 0.717) is 42.9 Å². The monoisotopic (exact) mass is 450 g/mol. The topological polar surface area (TPSA) is 97.1 Å². The van der Waals surface area contributed by atoms with Crippen molar-refractivity contribution in [3.63, 3.8) is 0 Å². The lowest BCUT2D eigenvalue weighted by Crippen LogP contribution is -2.29. The summed E-state index contributed by atoms with van der Waals surface area (Å²) < 4.78 is 65.4. The summed E-state index contributed by atoms with van der Waals surface area (Å²) in [6.07, 6.45) is 1.28. The minimum Gasteiger partial charge on any atom is -0.393 e. The van der Waals surface area contributed by atoms with E-state index in [4.69, 9.17) is 7.48 Å². The van der Waals surface area contributed by atoms with Crippen molar-refractivity contribution in [3.05, 3.63) is 35.8 Å². The average molecular weight is 450 g/mol. The summed E-state index contributed by atoms with van der Waals surface area (Å²) in [5.41, 5.74) is 0.180. The van der Waals surface area contributed by atoms with Crippen LogP contribution in [0.2, 0.25) is 0 Å². The lowest BCUT2D eigenvalue weighted by atomic mass is 9.93. The number of halogens is 3. The molecule has 3 heterocycles. The zero-order chi connectivity index (χ0) is 24.1. The smallest absolute Gasteiger partial charge is 0.224 e. The third kappa shape index (κ3) is 4.09. The summed E-state index contributed by atoms with van der Waals surface area (Å²) in [4.78, 5) is 13.1. The van der Waals surface area contributed by atoms with E-state index in [9.17, 15) is 18.3 Å².